The highest BCUT2D eigenvalue weighted by Crippen LogP contribution is 2.20. The molecule has 4 nitrogen and oxygen atoms in total. The average molecular weight is 305 g/mol. The number of rotatable bonds is 6. The Morgan fingerprint density at radius 3 is 2.81 bits per heavy atom. The number of aliphatic hydroxyl groups excluding tert-OH is 1. The number of aryl methyl sites for hydroxylation is 2. The van der Waals surface area contributed by atoms with E-state index in [2.05, 4.69) is 0 Å². The van der Waals surface area contributed by atoms with Gasteiger partial charge in [0, 0.05) is 17.9 Å². The zero-order valence-corrected chi connectivity index (χ0v) is 13.0. The molecule has 0 aliphatic carbocycles. The molecule has 1 aromatic heterocycles. The van der Waals surface area contributed by atoms with Crippen molar-refractivity contribution in [2.24, 2.45) is 0 Å². The van der Waals surface area contributed by atoms with Crippen molar-refractivity contribution in [2.45, 2.75) is 25.0 Å². The summed E-state index contributed by atoms with van der Waals surface area (Å²) in [5, 5.41) is 22.0. The Hall–Kier alpha value is -1.72. The van der Waals surface area contributed by atoms with Gasteiger partial charge in [0.05, 0.1) is 6.10 Å². The van der Waals surface area contributed by atoms with Crippen LogP contribution in [0.4, 0.5) is 0 Å². The molecule has 0 fully saturated rings. The van der Waals surface area contributed by atoms with Crippen molar-refractivity contribution in [3.63, 3.8) is 0 Å². The van der Waals surface area contributed by atoms with Gasteiger partial charge in [-0.25, -0.2) is 0 Å². The van der Waals surface area contributed by atoms with Crippen LogP contribution < -0.4 is 9.47 Å². The molecule has 0 aliphatic heterocycles. The summed E-state index contributed by atoms with van der Waals surface area (Å²) in [5.41, 5.74) is 2.23. The molecular weight excluding hydrogens is 286 g/mol. The highest BCUT2D eigenvalue weighted by molar-refractivity contribution is 7.99. The van der Waals surface area contributed by atoms with Gasteiger partial charge in [-0.2, -0.15) is 4.73 Å². The van der Waals surface area contributed by atoms with Crippen LogP contribution in [0.3, 0.4) is 0 Å². The van der Waals surface area contributed by atoms with Crippen molar-refractivity contribution in [1.29, 1.82) is 0 Å². The zero-order valence-electron chi connectivity index (χ0n) is 12.2. The van der Waals surface area contributed by atoms with Crippen LogP contribution in [-0.4, -0.2) is 23.6 Å². The molecular formula is C16H19NO3S. The number of hydrogen-bond acceptors (Lipinski definition) is 4. The van der Waals surface area contributed by atoms with Crippen molar-refractivity contribution in [3.05, 3.63) is 58.9 Å². The van der Waals surface area contributed by atoms with Gasteiger partial charge in [-0.1, -0.05) is 29.5 Å². The fraction of sp³-hybridized carbons (Fsp3) is 0.312. The molecule has 0 radical (unpaired) electrons. The summed E-state index contributed by atoms with van der Waals surface area (Å²) in [6.07, 6.45) is 0.817. The van der Waals surface area contributed by atoms with E-state index in [-0.39, 0.29) is 6.61 Å². The molecule has 0 saturated carbocycles. The Kier molecular flexibility index (Phi) is 5.47. The monoisotopic (exact) mass is 305 g/mol. The molecule has 1 aromatic carbocycles. The molecule has 2 aromatic rings. The van der Waals surface area contributed by atoms with E-state index in [1.54, 1.807) is 18.2 Å². The molecule has 0 bridgehead atoms. The van der Waals surface area contributed by atoms with E-state index in [0.29, 0.717) is 10.8 Å². The normalized spacial score (nSPS) is 12.1. The average Bonchev–Trinajstić information content (AvgIpc) is 2.45. The Labute approximate surface area is 129 Å². The fourth-order valence-corrected chi connectivity index (χ4v) is 2.72. The largest absolute Gasteiger partial charge is 0.618 e. The summed E-state index contributed by atoms with van der Waals surface area (Å²) >= 11 is 1.32. The van der Waals surface area contributed by atoms with E-state index in [1.165, 1.54) is 23.5 Å². The molecule has 1 heterocycles. The number of ether oxygens (including phenoxy) is 1. The summed E-state index contributed by atoms with van der Waals surface area (Å²) in [4.78, 5) is 0. The quantitative estimate of drug-likeness (QED) is 0.506. The lowest BCUT2D eigenvalue weighted by atomic mass is 10.1. The maximum atomic E-state index is 11.5. The van der Waals surface area contributed by atoms with E-state index < -0.39 is 6.10 Å². The third-order valence-electron chi connectivity index (χ3n) is 2.97. The van der Waals surface area contributed by atoms with E-state index in [0.717, 1.165) is 16.0 Å². The van der Waals surface area contributed by atoms with Gasteiger partial charge in [-0.15, -0.1) is 0 Å². The second-order valence-electron chi connectivity index (χ2n) is 4.91. The number of pyridine rings is 1. The van der Waals surface area contributed by atoms with Crippen molar-refractivity contribution in [1.82, 2.24) is 0 Å². The van der Waals surface area contributed by atoms with Crippen molar-refractivity contribution < 1.29 is 14.6 Å². The van der Waals surface area contributed by atoms with Gasteiger partial charge in [0.25, 0.3) is 5.03 Å². The van der Waals surface area contributed by atoms with Crippen molar-refractivity contribution in [2.75, 3.05) is 12.4 Å². The maximum Gasteiger partial charge on any atom is 0.251 e. The van der Waals surface area contributed by atoms with Crippen LogP contribution in [0.1, 0.15) is 11.1 Å². The van der Waals surface area contributed by atoms with Gasteiger partial charge in [0.1, 0.15) is 12.4 Å². The summed E-state index contributed by atoms with van der Waals surface area (Å²) in [7, 11) is 0. The van der Waals surface area contributed by atoms with E-state index in [4.69, 9.17) is 4.74 Å². The number of benzene rings is 1. The lowest BCUT2D eigenvalue weighted by Crippen LogP contribution is -2.29. The number of hydrogen-bond donors (Lipinski definition) is 1. The van der Waals surface area contributed by atoms with Gasteiger partial charge < -0.3 is 15.1 Å². The number of aromatic nitrogens is 1. The first-order valence-electron chi connectivity index (χ1n) is 6.75. The van der Waals surface area contributed by atoms with Crippen LogP contribution in [0.15, 0.2) is 47.6 Å². The van der Waals surface area contributed by atoms with Crippen LogP contribution in [-0.2, 0) is 0 Å². The predicted octanol–water partition coefficient (Wildman–Crippen LogP) is 2.47. The third-order valence-corrected chi connectivity index (χ3v) is 4.14. The third kappa shape index (κ3) is 4.65. The van der Waals surface area contributed by atoms with Gasteiger partial charge >= 0.3 is 0 Å². The molecule has 1 N–H and O–H groups in total. The Morgan fingerprint density at radius 2 is 2.10 bits per heavy atom. The fourth-order valence-electron chi connectivity index (χ4n) is 1.90. The second-order valence-corrected chi connectivity index (χ2v) is 5.95. The number of aliphatic hydroxyl groups is 1. The summed E-state index contributed by atoms with van der Waals surface area (Å²) < 4.78 is 6.42. The Bertz CT molecular complexity index is 604. The first-order chi connectivity index (χ1) is 10.1. The SMILES string of the molecule is Cc1ccc(OCC(O)CSc2cccc[n+]2[O-])c(C)c1. The minimum atomic E-state index is -0.629. The minimum Gasteiger partial charge on any atom is -0.618 e. The molecule has 0 amide bonds. The summed E-state index contributed by atoms with van der Waals surface area (Å²) in [5.74, 6) is 1.19. The first kappa shape index (κ1) is 15.7. The van der Waals surface area contributed by atoms with E-state index >= 15 is 0 Å². The molecule has 0 aliphatic rings. The highest BCUT2D eigenvalue weighted by Gasteiger charge is 2.11. The van der Waals surface area contributed by atoms with Gasteiger partial charge in [0.15, 0.2) is 6.20 Å². The molecule has 2 rings (SSSR count). The zero-order chi connectivity index (χ0) is 15.2. The number of thioether (sulfide) groups is 1. The number of nitrogens with zero attached hydrogens (tertiary/aromatic N) is 1. The van der Waals surface area contributed by atoms with Crippen LogP contribution in [0.25, 0.3) is 0 Å². The smallest absolute Gasteiger partial charge is 0.251 e. The van der Waals surface area contributed by atoms with Crippen molar-refractivity contribution >= 4 is 11.8 Å². The molecule has 0 saturated heterocycles. The topological polar surface area (TPSA) is 56.4 Å². The van der Waals surface area contributed by atoms with Crippen LogP contribution in [0.2, 0.25) is 0 Å². The van der Waals surface area contributed by atoms with E-state index in [1.807, 2.05) is 32.0 Å². The van der Waals surface area contributed by atoms with E-state index in [9.17, 15) is 10.3 Å². The minimum absolute atomic E-state index is 0.211. The van der Waals surface area contributed by atoms with Gasteiger partial charge in [-0.05, 0) is 31.5 Å². The molecule has 0 spiro atoms. The molecule has 112 valence electrons. The molecule has 5 heteroatoms. The maximum absolute atomic E-state index is 11.5. The van der Waals surface area contributed by atoms with Crippen LogP contribution in [0, 0.1) is 19.1 Å². The Morgan fingerprint density at radius 1 is 1.29 bits per heavy atom. The standard InChI is InChI=1S/C16H19NO3S/c1-12-6-7-15(13(2)9-12)20-10-14(18)11-21-16-5-3-4-8-17(16)19/h3-9,14,18H,10-11H2,1-2H3. The van der Waals surface area contributed by atoms with Crippen LogP contribution >= 0.6 is 11.8 Å². The summed E-state index contributed by atoms with van der Waals surface area (Å²) in [6.45, 7) is 4.22. The molecule has 1 atom stereocenters. The Balaban J connectivity index is 1.82. The van der Waals surface area contributed by atoms with Crippen LogP contribution in [0.5, 0.6) is 5.75 Å². The van der Waals surface area contributed by atoms with Gasteiger partial charge in [0.2, 0.25) is 0 Å². The first-order valence-corrected chi connectivity index (χ1v) is 7.74. The summed E-state index contributed by atoms with van der Waals surface area (Å²) in [6, 6.07) is 11.1. The molecule has 1 unspecified atom stereocenters. The second kappa shape index (κ2) is 7.33. The van der Waals surface area contributed by atoms with Crippen molar-refractivity contribution in [3.8, 4) is 5.75 Å². The lowest BCUT2D eigenvalue weighted by molar-refractivity contribution is -0.645. The lowest BCUT2D eigenvalue weighted by Gasteiger charge is -2.13. The van der Waals surface area contributed by atoms with Gasteiger partial charge in [-0.3, -0.25) is 0 Å². The predicted molar refractivity (Wildman–Crippen MR) is 83.5 cm³/mol. The molecule has 21 heavy (non-hydrogen) atoms. The highest BCUT2D eigenvalue weighted by atomic mass is 32.2.